The Hall–Kier alpha value is -1.39. The van der Waals surface area contributed by atoms with E-state index in [0.29, 0.717) is 18.7 Å². The molecule has 0 bridgehead atoms. The van der Waals surface area contributed by atoms with Gasteiger partial charge in [0.2, 0.25) is 0 Å². The van der Waals surface area contributed by atoms with Crippen molar-refractivity contribution in [2.75, 3.05) is 13.1 Å². The van der Waals surface area contributed by atoms with Gasteiger partial charge in [0, 0.05) is 16.6 Å². The molecule has 0 radical (unpaired) electrons. The van der Waals surface area contributed by atoms with E-state index in [9.17, 15) is 4.79 Å². The number of fused-ring (bicyclic) bond motifs is 1. The van der Waals surface area contributed by atoms with Crippen LogP contribution in [-0.2, 0) is 0 Å². The van der Waals surface area contributed by atoms with Crippen LogP contribution in [-0.4, -0.2) is 19.0 Å². The van der Waals surface area contributed by atoms with Gasteiger partial charge in [-0.05, 0) is 48.0 Å². The Balaban J connectivity index is 2.19. The van der Waals surface area contributed by atoms with E-state index in [1.807, 2.05) is 36.4 Å². The van der Waals surface area contributed by atoms with Crippen molar-refractivity contribution in [1.82, 2.24) is 5.32 Å². The van der Waals surface area contributed by atoms with Crippen LogP contribution in [0.3, 0.4) is 0 Å². The summed E-state index contributed by atoms with van der Waals surface area (Å²) in [6.07, 6.45) is 0.798. The molecule has 0 aromatic heterocycles. The molecule has 2 aromatic rings. The number of carbonyl (C=O) groups excluding carboxylic acids is 1. The molecule has 0 unspecified atom stereocenters. The number of amides is 1. The third-order valence-electron chi connectivity index (χ3n) is 2.73. The summed E-state index contributed by atoms with van der Waals surface area (Å²) in [5, 5.41) is 5.02. The Bertz CT molecular complexity index is 569. The van der Waals surface area contributed by atoms with Crippen LogP contribution >= 0.6 is 15.9 Å². The number of halogens is 1. The van der Waals surface area contributed by atoms with Gasteiger partial charge in [-0.15, -0.1) is 0 Å². The van der Waals surface area contributed by atoms with Crippen LogP contribution in [0, 0.1) is 0 Å². The monoisotopic (exact) mass is 306 g/mol. The van der Waals surface area contributed by atoms with Crippen LogP contribution in [0.25, 0.3) is 10.8 Å². The molecule has 0 aliphatic rings. The minimum atomic E-state index is -0.0479. The number of hydrogen-bond donors (Lipinski definition) is 2. The maximum absolute atomic E-state index is 11.9. The molecule has 4 heteroatoms. The quantitative estimate of drug-likeness (QED) is 0.853. The van der Waals surface area contributed by atoms with Crippen LogP contribution in [0.15, 0.2) is 40.9 Å². The molecule has 0 aliphatic heterocycles. The highest BCUT2D eigenvalue weighted by atomic mass is 79.9. The predicted octanol–water partition coefficient (Wildman–Crippen LogP) is 2.68. The van der Waals surface area contributed by atoms with Crippen LogP contribution in [0.4, 0.5) is 0 Å². The minimum absolute atomic E-state index is 0.0479. The Morgan fingerprint density at radius 3 is 2.67 bits per heavy atom. The second-order valence-electron chi connectivity index (χ2n) is 4.10. The topological polar surface area (TPSA) is 55.1 Å². The highest BCUT2D eigenvalue weighted by molar-refractivity contribution is 9.10. The van der Waals surface area contributed by atoms with Crippen LogP contribution in [0.5, 0.6) is 0 Å². The Morgan fingerprint density at radius 1 is 1.17 bits per heavy atom. The van der Waals surface area contributed by atoms with Crippen molar-refractivity contribution in [3.05, 3.63) is 46.4 Å². The average Bonchev–Trinajstić information content (AvgIpc) is 2.38. The van der Waals surface area contributed by atoms with Crippen LogP contribution in [0.1, 0.15) is 16.8 Å². The number of benzene rings is 2. The van der Waals surface area contributed by atoms with Gasteiger partial charge >= 0.3 is 0 Å². The van der Waals surface area contributed by atoms with Crippen molar-refractivity contribution in [1.29, 1.82) is 0 Å². The molecular weight excluding hydrogens is 292 g/mol. The highest BCUT2D eigenvalue weighted by Crippen LogP contribution is 2.20. The molecule has 3 nitrogen and oxygen atoms in total. The first-order chi connectivity index (χ1) is 8.70. The van der Waals surface area contributed by atoms with Crippen molar-refractivity contribution >= 4 is 32.6 Å². The van der Waals surface area contributed by atoms with Crippen molar-refractivity contribution in [2.45, 2.75) is 6.42 Å². The van der Waals surface area contributed by atoms with Crippen molar-refractivity contribution in [2.24, 2.45) is 5.73 Å². The third-order valence-corrected chi connectivity index (χ3v) is 3.22. The van der Waals surface area contributed by atoms with Crippen LogP contribution < -0.4 is 11.1 Å². The van der Waals surface area contributed by atoms with Gasteiger partial charge in [0.1, 0.15) is 0 Å². The summed E-state index contributed by atoms with van der Waals surface area (Å²) in [4.78, 5) is 11.9. The summed E-state index contributed by atoms with van der Waals surface area (Å²) in [5.74, 6) is -0.0479. The Kier molecular flexibility index (Phi) is 4.33. The van der Waals surface area contributed by atoms with E-state index in [0.717, 1.165) is 21.7 Å². The maximum atomic E-state index is 11.9. The molecule has 0 heterocycles. The first-order valence-electron chi connectivity index (χ1n) is 5.88. The van der Waals surface area contributed by atoms with Gasteiger partial charge in [-0.2, -0.15) is 0 Å². The van der Waals surface area contributed by atoms with E-state index in [2.05, 4.69) is 21.2 Å². The second kappa shape index (κ2) is 5.98. The molecule has 0 saturated carbocycles. The number of carbonyl (C=O) groups is 1. The van der Waals surface area contributed by atoms with Crippen LogP contribution in [0.2, 0.25) is 0 Å². The SMILES string of the molecule is NCCCNC(=O)c1ccc2cc(Br)ccc2c1. The molecular formula is C14H15BrN2O. The molecule has 0 saturated heterocycles. The zero-order valence-corrected chi connectivity index (χ0v) is 11.5. The molecule has 18 heavy (non-hydrogen) atoms. The van der Waals surface area contributed by atoms with Gasteiger partial charge in [0.15, 0.2) is 0 Å². The molecule has 0 fully saturated rings. The fourth-order valence-electron chi connectivity index (χ4n) is 1.76. The third kappa shape index (κ3) is 3.09. The maximum Gasteiger partial charge on any atom is 0.251 e. The van der Waals surface area contributed by atoms with E-state index in [1.165, 1.54) is 0 Å². The molecule has 94 valence electrons. The predicted molar refractivity (Wildman–Crippen MR) is 77.7 cm³/mol. The minimum Gasteiger partial charge on any atom is -0.352 e. The number of nitrogens with two attached hydrogens (primary N) is 1. The van der Waals surface area contributed by atoms with Gasteiger partial charge in [-0.1, -0.05) is 28.1 Å². The van der Waals surface area contributed by atoms with Gasteiger partial charge < -0.3 is 11.1 Å². The fourth-order valence-corrected chi connectivity index (χ4v) is 2.14. The highest BCUT2D eigenvalue weighted by Gasteiger charge is 2.05. The first-order valence-corrected chi connectivity index (χ1v) is 6.67. The van der Waals surface area contributed by atoms with E-state index < -0.39 is 0 Å². The standard InChI is InChI=1S/C14H15BrN2O/c15-13-5-4-10-8-12(3-2-11(10)9-13)14(18)17-7-1-6-16/h2-5,8-9H,1,6-7,16H2,(H,17,18). The van der Waals surface area contributed by atoms with Crippen molar-refractivity contribution in [3.63, 3.8) is 0 Å². The smallest absolute Gasteiger partial charge is 0.251 e. The zero-order valence-electron chi connectivity index (χ0n) is 9.95. The lowest BCUT2D eigenvalue weighted by atomic mass is 10.1. The summed E-state index contributed by atoms with van der Waals surface area (Å²) >= 11 is 3.43. The van der Waals surface area contributed by atoms with E-state index in [4.69, 9.17) is 5.73 Å². The van der Waals surface area contributed by atoms with E-state index >= 15 is 0 Å². The number of nitrogens with one attached hydrogen (secondary N) is 1. The lowest BCUT2D eigenvalue weighted by Gasteiger charge is -2.06. The van der Waals surface area contributed by atoms with Gasteiger partial charge in [0.25, 0.3) is 5.91 Å². The van der Waals surface area contributed by atoms with Crippen molar-refractivity contribution in [3.8, 4) is 0 Å². The molecule has 0 aliphatic carbocycles. The molecule has 2 rings (SSSR count). The Labute approximate surface area is 114 Å². The van der Waals surface area contributed by atoms with Gasteiger partial charge in [-0.25, -0.2) is 0 Å². The van der Waals surface area contributed by atoms with Gasteiger partial charge in [-0.3, -0.25) is 4.79 Å². The first kappa shape index (κ1) is 13.1. The lowest BCUT2D eigenvalue weighted by molar-refractivity contribution is 0.0953. The number of hydrogen-bond acceptors (Lipinski definition) is 2. The largest absolute Gasteiger partial charge is 0.352 e. The summed E-state index contributed by atoms with van der Waals surface area (Å²) in [6, 6.07) is 11.7. The Morgan fingerprint density at radius 2 is 1.89 bits per heavy atom. The number of rotatable bonds is 4. The molecule has 3 N–H and O–H groups in total. The van der Waals surface area contributed by atoms with E-state index in [-0.39, 0.29) is 5.91 Å². The fraction of sp³-hybridized carbons (Fsp3) is 0.214. The second-order valence-corrected chi connectivity index (χ2v) is 5.02. The van der Waals surface area contributed by atoms with E-state index in [1.54, 1.807) is 0 Å². The summed E-state index contributed by atoms with van der Waals surface area (Å²) in [5.41, 5.74) is 6.07. The molecule has 0 atom stereocenters. The summed E-state index contributed by atoms with van der Waals surface area (Å²) < 4.78 is 1.04. The normalized spacial score (nSPS) is 10.6. The summed E-state index contributed by atoms with van der Waals surface area (Å²) in [6.45, 7) is 1.21. The average molecular weight is 307 g/mol. The summed E-state index contributed by atoms with van der Waals surface area (Å²) in [7, 11) is 0. The lowest BCUT2D eigenvalue weighted by Crippen LogP contribution is -2.25. The molecule has 0 spiro atoms. The molecule has 1 amide bonds. The van der Waals surface area contributed by atoms with Gasteiger partial charge in [0.05, 0.1) is 0 Å². The zero-order chi connectivity index (χ0) is 13.0. The molecule has 2 aromatic carbocycles. The van der Waals surface area contributed by atoms with Crippen molar-refractivity contribution < 1.29 is 4.79 Å².